The van der Waals surface area contributed by atoms with E-state index in [1.807, 2.05) is 31.2 Å². The Balaban J connectivity index is 1.73. The maximum Gasteiger partial charge on any atom is 0.253 e. The number of allylic oxidation sites excluding steroid dienone is 3. The molecule has 0 fully saturated rings. The molecule has 22 heavy (non-hydrogen) atoms. The zero-order chi connectivity index (χ0) is 15.6. The van der Waals surface area contributed by atoms with Crippen LogP contribution in [-0.4, -0.2) is 17.3 Å². The van der Waals surface area contributed by atoms with Gasteiger partial charge in [-0.25, -0.2) is 0 Å². The number of carbonyl (C=O) groups excluding carboxylic acids is 1. The maximum absolute atomic E-state index is 12.4. The van der Waals surface area contributed by atoms with Gasteiger partial charge in [0.1, 0.15) is 11.4 Å². The summed E-state index contributed by atoms with van der Waals surface area (Å²) in [6.07, 6.45) is 11.1. The first-order valence-electron chi connectivity index (χ1n) is 7.66. The number of fused-ring (bicyclic) bond motifs is 1. The van der Waals surface area contributed by atoms with E-state index in [2.05, 4.69) is 23.5 Å². The van der Waals surface area contributed by atoms with Crippen LogP contribution in [0.5, 0.6) is 0 Å². The maximum atomic E-state index is 12.4. The molecule has 1 aliphatic carbocycles. The average Bonchev–Trinajstić information content (AvgIpc) is 2.99. The number of nitrogen functional groups attached to an aromatic ring is 1. The van der Waals surface area contributed by atoms with E-state index >= 15 is 0 Å². The number of aliphatic imine (C=N–C) groups is 1. The van der Waals surface area contributed by atoms with Crippen molar-refractivity contribution in [2.24, 2.45) is 4.99 Å². The monoisotopic (exact) mass is 295 g/mol. The van der Waals surface area contributed by atoms with E-state index in [0.29, 0.717) is 19.3 Å². The Morgan fingerprint density at radius 3 is 2.91 bits per heavy atom. The third kappa shape index (κ3) is 2.69. The molecule has 2 aliphatic rings. The number of nitrogens with one attached hydrogen (secondary N) is 1. The van der Waals surface area contributed by atoms with Gasteiger partial charge in [0, 0.05) is 24.9 Å². The Labute approximate surface area is 130 Å². The first-order chi connectivity index (χ1) is 10.6. The van der Waals surface area contributed by atoms with E-state index in [9.17, 15) is 4.79 Å². The van der Waals surface area contributed by atoms with Crippen LogP contribution in [0.2, 0.25) is 0 Å². The standard InChI is InChI=1S/C18H21N3O/c1-2-3-4-5-6-7-16-20-17(22)18(21-16)11-13-8-9-15(19)10-14(13)12-18/h2-3,5-6,8-10H,4,7,11-12,19H2,1H3,(H,20,21,22)/b3-2-,6-5-. The number of carbonyl (C=O) groups is 1. The molecule has 114 valence electrons. The topological polar surface area (TPSA) is 67.5 Å². The molecular formula is C18H21N3O. The van der Waals surface area contributed by atoms with Crippen LogP contribution < -0.4 is 11.1 Å². The van der Waals surface area contributed by atoms with Crippen molar-refractivity contribution in [3.8, 4) is 0 Å². The molecule has 1 aliphatic heterocycles. The van der Waals surface area contributed by atoms with Gasteiger partial charge in [-0.2, -0.15) is 0 Å². The highest BCUT2D eigenvalue weighted by Gasteiger charge is 2.47. The molecule has 0 bridgehead atoms. The molecule has 0 aromatic heterocycles. The third-order valence-corrected chi connectivity index (χ3v) is 4.21. The molecule has 1 spiro atoms. The highest BCUT2D eigenvalue weighted by Crippen LogP contribution is 2.36. The van der Waals surface area contributed by atoms with Crippen LogP contribution in [0.15, 0.2) is 47.5 Å². The lowest BCUT2D eigenvalue weighted by Crippen LogP contribution is -2.40. The Kier molecular flexibility index (Phi) is 3.84. The second-order valence-electron chi connectivity index (χ2n) is 5.91. The van der Waals surface area contributed by atoms with Crippen molar-refractivity contribution in [3.05, 3.63) is 53.6 Å². The first kappa shape index (κ1) is 14.6. The zero-order valence-corrected chi connectivity index (χ0v) is 12.8. The molecule has 3 N–H and O–H groups in total. The van der Waals surface area contributed by atoms with E-state index < -0.39 is 5.54 Å². The van der Waals surface area contributed by atoms with Crippen LogP contribution in [0.4, 0.5) is 5.69 Å². The summed E-state index contributed by atoms with van der Waals surface area (Å²) in [4.78, 5) is 17.1. The van der Waals surface area contributed by atoms with Gasteiger partial charge in [-0.15, -0.1) is 0 Å². The van der Waals surface area contributed by atoms with E-state index in [4.69, 9.17) is 10.7 Å². The molecule has 1 unspecified atom stereocenters. The number of nitrogens with two attached hydrogens (primary N) is 1. The van der Waals surface area contributed by atoms with Gasteiger partial charge in [0.2, 0.25) is 0 Å². The van der Waals surface area contributed by atoms with Crippen LogP contribution in [-0.2, 0) is 17.6 Å². The second-order valence-corrected chi connectivity index (χ2v) is 5.91. The van der Waals surface area contributed by atoms with Gasteiger partial charge in [0.05, 0.1) is 0 Å². The van der Waals surface area contributed by atoms with Gasteiger partial charge in [-0.05, 0) is 36.6 Å². The Bertz CT molecular complexity index is 688. The summed E-state index contributed by atoms with van der Waals surface area (Å²) in [6.45, 7) is 2.00. The highest BCUT2D eigenvalue weighted by atomic mass is 16.2. The summed E-state index contributed by atoms with van der Waals surface area (Å²) in [7, 11) is 0. The number of benzene rings is 1. The summed E-state index contributed by atoms with van der Waals surface area (Å²) < 4.78 is 0. The SMILES string of the molecule is C/C=C\C/C=C\CC1=NC2(Cc3ccc(N)cc3C2)C(=O)N1. The van der Waals surface area contributed by atoms with Crippen molar-refractivity contribution in [1.29, 1.82) is 0 Å². The highest BCUT2D eigenvalue weighted by molar-refractivity contribution is 6.09. The van der Waals surface area contributed by atoms with Crippen LogP contribution >= 0.6 is 0 Å². The van der Waals surface area contributed by atoms with Gasteiger partial charge in [0.25, 0.3) is 5.91 Å². The first-order valence-corrected chi connectivity index (χ1v) is 7.66. The smallest absolute Gasteiger partial charge is 0.253 e. The Morgan fingerprint density at radius 1 is 1.27 bits per heavy atom. The van der Waals surface area contributed by atoms with Crippen molar-refractivity contribution in [1.82, 2.24) is 5.32 Å². The Morgan fingerprint density at radius 2 is 2.09 bits per heavy atom. The molecular weight excluding hydrogens is 274 g/mol. The van der Waals surface area contributed by atoms with Gasteiger partial charge in [-0.1, -0.05) is 30.4 Å². The minimum atomic E-state index is -0.650. The number of hydrogen-bond donors (Lipinski definition) is 2. The number of hydrogen-bond acceptors (Lipinski definition) is 3. The molecule has 4 nitrogen and oxygen atoms in total. The number of rotatable bonds is 4. The van der Waals surface area contributed by atoms with Crippen LogP contribution in [0.1, 0.15) is 30.9 Å². The van der Waals surface area contributed by atoms with E-state index in [1.54, 1.807) is 0 Å². The van der Waals surface area contributed by atoms with Gasteiger partial charge >= 0.3 is 0 Å². The fourth-order valence-electron chi connectivity index (χ4n) is 3.10. The molecule has 1 aromatic rings. The van der Waals surface area contributed by atoms with Crippen molar-refractivity contribution >= 4 is 17.4 Å². The predicted molar refractivity (Wildman–Crippen MR) is 89.8 cm³/mol. The molecule has 1 amide bonds. The van der Waals surface area contributed by atoms with E-state index in [0.717, 1.165) is 23.5 Å². The molecule has 3 rings (SSSR count). The minimum Gasteiger partial charge on any atom is -0.399 e. The minimum absolute atomic E-state index is 0.0131. The summed E-state index contributed by atoms with van der Waals surface area (Å²) >= 11 is 0. The van der Waals surface area contributed by atoms with Crippen LogP contribution in [0.3, 0.4) is 0 Å². The predicted octanol–water partition coefficient (Wildman–Crippen LogP) is 2.55. The molecule has 1 aromatic carbocycles. The largest absolute Gasteiger partial charge is 0.399 e. The summed E-state index contributed by atoms with van der Waals surface area (Å²) in [6, 6.07) is 5.86. The lowest BCUT2D eigenvalue weighted by Gasteiger charge is -2.14. The molecule has 1 atom stereocenters. The van der Waals surface area contributed by atoms with Crippen molar-refractivity contribution in [2.45, 2.75) is 38.1 Å². The molecule has 0 saturated heterocycles. The fourth-order valence-corrected chi connectivity index (χ4v) is 3.10. The van der Waals surface area contributed by atoms with Gasteiger partial charge in [0.15, 0.2) is 0 Å². The van der Waals surface area contributed by atoms with Crippen molar-refractivity contribution in [3.63, 3.8) is 0 Å². The van der Waals surface area contributed by atoms with Crippen molar-refractivity contribution in [2.75, 3.05) is 5.73 Å². The summed E-state index contributed by atoms with van der Waals surface area (Å²) in [5.74, 6) is 0.779. The van der Waals surface area contributed by atoms with Crippen LogP contribution in [0, 0.1) is 0 Å². The van der Waals surface area contributed by atoms with Crippen LogP contribution in [0.25, 0.3) is 0 Å². The summed E-state index contributed by atoms with van der Waals surface area (Å²) in [5, 5.41) is 2.94. The Hall–Kier alpha value is -2.36. The van der Waals surface area contributed by atoms with E-state index in [1.165, 1.54) is 5.56 Å². The molecule has 0 saturated carbocycles. The average molecular weight is 295 g/mol. The van der Waals surface area contributed by atoms with E-state index in [-0.39, 0.29) is 5.91 Å². The lowest BCUT2D eigenvalue weighted by molar-refractivity contribution is -0.123. The lowest BCUT2D eigenvalue weighted by atomic mass is 9.97. The molecule has 1 heterocycles. The van der Waals surface area contributed by atoms with Gasteiger partial charge in [-0.3, -0.25) is 9.79 Å². The number of amidine groups is 1. The zero-order valence-electron chi connectivity index (χ0n) is 12.8. The normalized spacial score (nSPS) is 23.5. The molecule has 4 heteroatoms. The quantitative estimate of drug-likeness (QED) is 0.662. The summed E-state index contributed by atoms with van der Waals surface area (Å²) in [5.41, 5.74) is 8.25. The number of nitrogens with zero attached hydrogens (tertiary/aromatic N) is 1. The number of anilines is 1. The van der Waals surface area contributed by atoms with Crippen molar-refractivity contribution < 1.29 is 4.79 Å². The second kappa shape index (κ2) is 5.79. The molecule has 0 radical (unpaired) electrons. The fraction of sp³-hybridized carbons (Fsp3) is 0.333. The third-order valence-electron chi connectivity index (χ3n) is 4.21. The van der Waals surface area contributed by atoms with Gasteiger partial charge < -0.3 is 11.1 Å². The number of amides is 1.